The standard InChI is InChI=1S/C22H22N4OS/c1-15-7-3-4-8-17(15)11-12-23-21(27)14-28-22-25-24-20-13-16(2)18-9-5-6-10-19(18)26(20)22/h3-10,13H,11-12,14H2,1-2H3,(H,23,27). The number of hydrogen-bond donors (Lipinski definition) is 1. The van der Waals surface area contributed by atoms with Crippen LogP contribution in [0, 0.1) is 13.8 Å². The van der Waals surface area contributed by atoms with E-state index in [1.165, 1.54) is 33.8 Å². The van der Waals surface area contributed by atoms with Gasteiger partial charge < -0.3 is 5.32 Å². The molecule has 0 aliphatic rings. The van der Waals surface area contributed by atoms with Crippen molar-refractivity contribution in [2.45, 2.75) is 25.4 Å². The third kappa shape index (κ3) is 3.73. The molecule has 4 aromatic rings. The van der Waals surface area contributed by atoms with Gasteiger partial charge in [0.2, 0.25) is 5.91 Å². The van der Waals surface area contributed by atoms with E-state index in [1.54, 1.807) is 0 Å². The first-order chi connectivity index (χ1) is 13.6. The van der Waals surface area contributed by atoms with E-state index in [2.05, 4.69) is 53.6 Å². The maximum Gasteiger partial charge on any atom is 0.230 e. The van der Waals surface area contributed by atoms with E-state index in [0.717, 1.165) is 22.7 Å². The van der Waals surface area contributed by atoms with Crippen molar-refractivity contribution < 1.29 is 4.79 Å². The Hall–Kier alpha value is -2.86. The SMILES string of the molecule is Cc1ccccc1CCNC(=O)CSc1nnc2cc(C)c3ccccc3n12. The Morgan fingerprint density at radius 1 is 1.04 bits per heavy atom. The zero-order valence-corrected chi connectivity index (χ0v) is 16.8. The van der Waals surface area contributed by atoms with Crippen LogP contribution >= 0.6 is 11.8 Å². The summed E-state index contributed by atoms with van der Waals surface area (Å²) in [5.74, 6) is 0.322. The van der Waals surface area contributed by atoms with Crippen molar-refractivity contribution >= 4 is 34.2 Å². The van der Waals surface area contributed by atoms with Crippen LogP contribution in [-0.2, 0) is 11.2 Å². The molecule has 2 aromatic heterocycles. The molecule has 4 rings (SSSR count). The van der Waals surface area contributed by atoms with Crippen molar-refractivity contribution in [1.29, 1.82) is 0 Å². The number of carbonyl (C=O) groups excluding carboxylic acids is 1. The molecule has 0 radical (unpaired) electrons. The van der Waals surface area contributed by atoms with Crippen LogP contribution in [0.3, 0.4) is 0 Å². The first-order valence-electron chi connectivity index (χ1n) is 9.31. The van der Waals surface area contributed by atoms with Crippen LogP contribution in [0.15, 0.2) is 59.8 Å². The van der Waals surface area contributed by atoms with Gasteiger partial charge in [-0.05, 0) is 49.1 Å². The molecule has 0 aliphatic carbocycles. The van der Waals surface area contributed by atoms with Crippen molar-refractivity contribution in [1.82, 2.24) is 19.9 Å². The fourth-order valence-corrected chi connectivity index (χ4v) is 4.16. The third-order valence-electron chi connectivity index (χ3n) is 4.88. The van der Waals surface area contributed by atoms with Gasteiger partial charge in [-0.2, -0.15) is 0 Å². The number of hydrogen-bond acceptors (Lipinski definition) is 4. The van der Waals surface area contributed by atoms with Gasteiger partial charge in [0.25, 0.3) is 0 Å². The second-order valence-corrected chi connectivity index (χ2v) is 7.78. The molecule has 142 valence electrons. The molecule has 6 heteroatoms. The summed E-state index contributed by atoms with van der Waals surface area (Å²) in [5.41, 5.74) is 5.55. The van der Waals surface area contributed by atoms with Gasteiger partial charge in [0, 0.05) is 11.9 Å². The van der Waals surface area contributed by atoms with Gasteiger partial charge in [-0.3, -0.25) is 9.20 Å². The molecular weight excluding hydrogens is 368 g/mol. The minimum Gasteiger partial charge on any atom is -0.355 e. The predicted molar refractivity (Wildman–Crippen MR) is 114 cm³/mol. The number of carbonyl (C=O) groups is 1. The van der Waals surface area contributed by atoms with Crippen LogP contribution in [0.1, 0.15) is 16.7 Å². The highest BCUT2D eigenvalue weighted by molar-refractivity contribution is 7.99. The highest BCUT2D eigenvalue weighted by atomic mass is 32.2. The molecule has 0 spiro atoms. The lowest BCUT2D eigenvalue weighted by molar-refractivity contribution is -0.118. The van der Waals surface area contributed by atoms with Crippen molar-refractivity contribution in [3.8, 4) is 0 Å². The van der Waals surface area contributed by atoms with E-state index in [0.29, 0.717) is 12.3 Å². The summed E-state index contributed by atoms with van der Waals surface area (Å²) < 4.78 is 2.02. The van der Waals surface area contributed by atoms with Gasteiger partial charge in [-0.15, -0.1) is 10.2 Å². The number of benzene rings is 2. The molecule has 1 N–H and O–H groups in total. The number of nitrogens with zero attached hydrogens (tertiary/aromatic N) is 3. The summed E-state index contributed by atoms with van der Waals surface area (Å²) >= 11 is 1.41. The van der Waals surface area contributed by atoms with E-state index < -0.39 is 0 Å². The van der Waals surface area contributed by atoms with Crippen LogP contribution < -0.4 is 5.32 Å². The minimum absolute atomic E-state index is 0.00625. The van der Waals surface area contributed by atoms with Crippen LogP contribution in [0.25, 0.3) is 16.6 Å². The Bertz CT molecular complexity index is 1150. The normalized spacial score (nSPS) is 11.2. The fourth-order valence-electron chi connectivity index (χ4n) is 3.38. The number of pyridine rings is 1. The Kier molecular flexibility index (Phi) is 5.30. The Balaban J connectivity index is 1.42. The van der Waals surface area contributed by atoms with Crippen molar-refractivity contribution in [3.63, 3.8) is 0 Å². The van der Waals surface area contributed by atoms with E-state index in [1.807, 2.05) is 34.7 Å². The first-order valence-corrected chi connectivity index (χ1v) is 10.3. The number of para-hydroxylation sites is 1. The molecule has 5 nitrogen and oxygen atoms in total. The zero-order chi connectivity index (χ0) is 19.5. The molecule has 0 fully saturated rings. The smallest absolute Gasteiger partial charge is 0.230 e. The fraction of sp³-hybridized carbons (Fsp3) is 0.227. The highest BCUT2D eigenvalue weighted by Gasteiger charge is 2.13. The zero-order valence-electron chi connectivity index (χ0n) is 16.0. The van der Waals surface area contributed by atoms with Crippen molar-refractivity contribution in [2.24, 2.45) is 0 Å². The summed E-state index contributed by atoms with van der Waals surface area (Å²) in [6.45, 7) is 4.80. The van der Waals surface area contributed by atoms with Crippen molar-refractivity contribution in [2.75, 3.05) is 12.3 Å². The minimum atomic E-state index is 0.00625. The van der Waals surface area contributed by atoms with Gasteiger partial charge in [0.1, 0.15) is 0 Å². The quantitative estimate of drug-likeness (QED) is 0.507. The Labute approximate surface area is 168 Å². The molecule has 0 atom stereocenters. The maximum absolute atomic E-state index is 12.3. The maximum atomic E-state index is 12.3. The molecule has 2 heterocycles. The van der Waals surface area contributed by atoms with Gasteiger partial charge in [-0.1, -0.05) is 54.2 Å². The Morgan fingerprint density at radius 3 is 2.68 bits per heavy atom. The number of amides is 1. The lowest BCUT2D eigenvalue weighted by Gasteiger charge is -2.08. The second kappa shape index (κ2) is 8.02. The van der Waals surface area contributed by atoms with Crippen molar-refractivity contribution in [3.05, 3.63) is 71.3 Å². The van der Waals surface area contributed by atoms with Crippen LogP contribution in [0.2, 0.25) is 0 Å². The molecule has 28 heavy (non-hydrogen) atoms. The largest absolute Gasteiger partial charge is 0.355 e. The van der Waals surface area contributed by atoms with E-state index in [-0.39, 0.29) is 5.91 Å². The molecular formula is C22H22N4OS. The summed E-state index contributed by atoms with van der Waals surface area (Å²) in [5, 5.41) is 13.5. The number of fused-ring (bicyclic) bond motifs is 3. The van der Waals surface area contributed by atoms with Crippen LogP contribution in [0.5, 0.6) is 0 Å². The Morgan fingerprint density at radius 2 is 1.82 bits per heavy atom. The van der Waals surface area contributed by atoms with Crippen LogP contribution in [0.4, 0.5) is 0 Å². The first kappa shape index (κ1) is 18.5. The number of aromatic nitrogens is 3. The second-order valence-electron chi connectivity index (χ2n) is 6.84. The van der Waals surface area contributed by atoms with Gasteiger partial charge in [-0.25, -0.2) is 0 Å². The molecule has 0 saturated carbocycles. The van der Waals surface area contributed by atoms with Gasteiger partial charge in [0.15, 0.2) is 10.8 Å². The van der Waals surface area contributed by atoms with E-state index in [4.69, 9.17) is 0 Å². The monoisotopic (exact) mass is 390 g/mol. The molecule has 1 amide bonds. The van der Waals surface area contributed by atoms with Crippen LogP contribution in [-0.4, -0.2) is 32.8 Å². The summed E-state index contributed by atoms with van der Waals surface area (Å²) in [7, 11) is 0. The summed E-state index contributed by atoms with van der Waals surface area (Å²) in [6.07, 6.45) is 0.834. The molecule has 0 aliphatic heterocycles. The van der Waals surface area contributed by atoms with Gasteiger partial charge in [0.05, 0.1) is 11.3 Å². The third-order valence-corrected chi connectivity index (χ3v) is 5.81. The highest BCUT2D eigenvalue weighted by Crippen LogP contribution is 2.25. The summed E-state index contributed by atoms with van der Waals surface area (Å²) in [6, 6.07) is 18.5. The average Bonchev–Trinajstić information content (AvgIpc) is 3.11. The molecule has 0 bridgehead atoms. The van der Waals surface area contributed by atoms with Gasteiger partial charge >= 0.3 is 0 Å². The molecule has 2 aromatic carbocycles. The molecule has 0 saturated heterocycles. The number of rotatable bonds is 6. The number of aryl methyl sites for hydroxylation is 2. The molecule has 0 unspecified atom stereocenters. The lowest BCUT2D eigenvalue weighted by atomic mass is 10.1. The average molecular weight is 391 g/mol. The number of nitrogens with one attached hydrogen (secondary N) is 1. The lowest BCUT2D eigenvalue weighted by Crippen LogP contribution is -2.27. The van der Waals surface area contributed by atoms with E-state index >= 15 is 0 Å². The predicted octanol–water partition coefficient (Wildman–Crippen LogP) is 3.95. The number of thioether (sulfide) groups is 1. The topological polar surface area (TPSA) is 59.3 Å². The van der Waals surface area contributed by atoms with E-state index in [9.17, 15) is 4.79 Å². The summed E-state index contributed by atoms with van der Waals surface area (Å²) in [4.78, 5) is 12.3.